The number of hydrogen-bond donors (Lipinski definition) is 0. The number of aryl methyl sites for hydroxylation is 1. The summed E-state index contributed by atoms with van der Waals surface area (Å²) in [6, 6.07) is 0.606. The number of likely N-dealkylation sites (tertiary alicyclic amines) is 1. The van der Waals surface area contributed by atoms with Gasteiger partial charge in [-0.1, -0.05) is 6.92 Å². The van der Waals surface area contributed by atoms with E-state index in [1.165, 1.54) is 30.1 Å². The van der Waals surface area contributed by atoms with Crippen LogP contribution in [0.1, 0.15) is 36.5 Å². The maximum Gasteiger partial charge on any atom is 0.0898 e. The number of thiazole rings is 1. The Kier molecular flexibility index (Phi) is 2.65. The van der Waals surface area contributed by atoms with Gasteiger partial charge in [-0.15, -0.1) is 11.3 Å². The zero-order chi connectivity index (χ0) is 9.26. The Bertz CT molecular complexity index is 282. The highest BCUT2D eigenvalue weighted by Crippen LogP contribution is 2.31. The molecule has 1 saturated heterocycles. The van der Waals surface area contributed by atoms with E-state index < -0.39 is 0 Å². The normalized spacial score (nSPS) is 24.0. The first kappa shape index (κ1) is 9.16. The fourth-order valence-electron chi connectivity index (χ4n) is 2.07. The minimum Gasteiger partial charge on any atom is -0.295 e. The van der Waals surface area contributed by atoms with Crippen LogP contribution in [0, 0.1) is 6.92 Å². The molecule has 2 rings (SSSR count). The predicted octanol–water partition coefficient (Wildman–Crippen LogP) is 2.61. The summed E-state index contributed by atoms with van der Waals surface area (Å²) in [6.07, 6.45) is 2.62. The van der Waals surface area contributed by atoms with Gasteiger partial charge in [0.15, 0.2) is 0 Å². The highest BCUT2D eigenvalue weighted by atomic mass is 32.1. The van der Waals surface area contributed by atoms with E-state index in [1.807, 2.05) is 0 Å². The van der Waals surface area contributed by atoms with Crippen molar-refractivity contribution < 1.29 is 0 Å². The monoisotopic (exact) mass is 196 g/mol. The molecule has 0 saturated carbocycles. The zero-order valence-electron chi connectivity index (χ0n) is 8.29. The second kappa shape index (κ2) is 3.76. The smallest absolute Gasteiger partial charge is 0.0898 e. The Labute approximate surface area is 83.6 Å². The first-order valence-electron chi connectivity index (χ1n) is 4.97. The van der Waals surface area contributed by atoms with Crippen molar-refractivity contribution in [2.45, 2.75) is 32.7 Å². The van der Waals surface area contributed by atoms with E-state index in [0.717, 1.165) is 6.54 Å². The minimum absolute atomic E-state index is 0.606. The molecule has 2 nitrogen and oxygen atoms in total. The van der Waals surface area contributed by atoms with Crippen LogP contribution >= 0.6 is 11.3 Å². The highest BCUT2D eigenvalue weighted by molar-refractivity contribution is 7.09. The molecule has 0 bridgehead atoms. The van der Waals surface area contributed by atoms with E-state index in [9.17, 15) is 0 Å². The van der Waals surface area contributed by atoms with E-state index in [1.54, 1.807) is 11.3 Å². The summed E-state index contributed by atoms with van der Waals surface area (Å²) < 4.78 is 0. The van der Waals surface area contributed by atoms with Crippen molar-refractivity contribution in [1.82, 2.24) is 9.88 Å². The number of rotatable bonds is 2. The molecule has 72 valence electrons. The van der Waals surface area contributed by atoms with Gasteiger partial charge in [-0.25, -0.2) is 4.98 Å². The van der Waals surface area contributed by atoms with Gasteiger partial charge in [0.1, 0.15) is 0 Å². The standard InChI is InChI=1S/C10H16N2S/c1-3-12-6-4-5-10(12)9-7-13-8(2)11-9/h7,10H,3-6H2,1-2H3. The molecule has 0 amide bonds. The summed E-state index contributed by atoms with van der Waals surface area (Å²) in [6.45, 7) is 6.72. The van der Waals surface area contributed by atoms with Crippen molar-refractivity contribution in [3.05, 3.63) is 16.1 Å². The minimum atomic E-state index is 0.606. The Morgan fingerprint density at radius 2 is 2.54 bits per heavy atom. The van der Waals surface area contributed by atoms with Gasteiger partial charge in [0, 0.05) is 5.38 Å². The van der Waals surface area contributed by atoms with E-state index in [0.29, 0.717) is 6.04 Å². The zero-order valence-corrected chi connectivity index (χ0v) is 9.10. The lowest BCUT2D eigenvalue weighted by Crippen LogP contribution is -2.22. The van der Waals surface area contributed by atoms with Crippen LogP contribution in [0.4, 0.5) is 0 Å². The van der Waals surface area contributed by atoms with E-state index in [-0.39, 0.29) is 0 Å². The van der Waals surface area contributed by atoms with Crippen LogP contribution in [-0.2, 0) is 0 Å². The van der Waals surface area contributed by atoms with Crippen LogP contribution in [0.3, 0.4) is 0 Å². The van der Waals surface area contributed by atoms with E-state index in [4.69, 9.17) is 0 Å². The second-order valence-corrected chi connectivity index (χ2v) is 4.64. The van der Waals surface area contributed by atoms with Gasteiger partial charge in [0.05, 0.1) is 16.7 Å². The first-order chi connectivity index (χ1) is 6.31. The number of nitrogens with zero attached hydrogens (tertiary/aromatic N) is 2. The van der Waals surface area contributed by atoms with Crippen molar-refractivity contribution in [3.8, 4) is 0 Å². The molecule has 0 N–H and O–H groups in total. The summed E-state index contributed by atoms with van der Waals surface area (Å²) in [4.78, 5) is 7.09. The fraction of sp³-hybridized carbons (Fsp3) is 0.700. The molecule has 1 aromatic rings. The van der Waals surface area contributed by atoms with Crippen molar-refractivity contribution in [3.63, 3.8) is 0 Å². The molecule has 0 aromatic carbocycles. The fourth-order valence-corrected chi connectivity index (χ4v) is 2.73. The maximum absolute atomic E-state index is 4.57. The summed E-state index contributed by atoms with van der Waals surface area (Å²) in [5.74, 6) is 0. The van der Waals surface area contributed by atoms with Crippen LogP contribution < -0.4 is 0 Å². The number of aromatic nitrogens is 1. The molecule has 3 heteroatoms. The van der Waals surface area contributed by atoms with Crippen LogP contribution in [0.5, 0.6) is 0 Å². The lowest BCUT2D eigenvalue weighted by Gasteiger charge is -2.20. The summed E-state index contributed by atoms with van der Waals surface area (Å²) >= 11 is 1.77. The topological polar surface area (TPSA) is 16.1 Å². The first-order valence-corrected chi connectivity index (χ1v) is 5.85. The summed E-state index contributed by atoms with van der Waals surface area (Å²) in [5, 5.41) is 3.41. The number of hydrogen-bond acceptors (Lipinski definition) is 3. The molecule has 1 fully saturated rings. The molecule has 1 unspecified atom stereocenters. The quantitative estimate of drug-likeness (QED) is 0.723. The molecule has 1 aliphatic heterocycles. The molecule has 0 spiro atoms. The third kappa shape index (κ3) is 1.76. The molecular weight excluding hydrogens is 180 g/mol. The average molecular weight is 196 g/mol. The van der Waals surface area contributed by atoms with Gasteiger partial charge in [0.25, 0.3) is 0 Å². The molecule has 1 atom stereocenters. The van der Waals surface area contributed by atoms with Crippen LogP contribution in [0.2, 0.25) is 0 Å². The molecule has 13 heavy (non-hydrogen) atoms. The maximum atomic E-state index is 4.57. The Balaban J connectivity index is 2.15. The van der Waals surface area contributed by atoms with E-state index >= 15 is 0 Å². The molecular formula is C10H16N2S. The Morgan fingerprint density at radius 3 is 3.15 bits per heavy atom. The summed E-state index contributed by atoms with van der Waals surface area (Å²) in [7, 11) is 0. The average Bonchev–Trinajstić information content (AvgIpc) is 2.71. The van der Waals surface area contributed by atoms with E-state index in [2.05, 4.69) is 29.1 Å². The van der Waals surface area contributed by atoms with Crippen molar-refractivity contribution in [2.24, 2.45) is 0 Å². The lowest BCUT2D eigenvalue weighted by molar-refractivity contribution is 0.267. The third-order valence-electron chi connectivity index (χ3n) is 2.75. The Hall–Kier alpha value is -0.410. The second-order valence-electron chi connectivity index (χ2n) is 3.58. The van der Waals surface area contributed by atoms with Crippen molar-refractivity contribution in [2.75, 3.05) is 13.1 Å². The molecule has 0 aliphatic carbocycles. The SMILES string of the molecule is CCN1CCCC1c1csc(C)n1. The van der Waals surface area contributed by atoms with Gasteiger partial charge < -0.3 is 0 Å². The van der Waals surface area contributed by atoms with Gasteiger partial charge >= 0.3 is 0 Å². The van der Waals surface area contributed by atoms with Crippen LogP contribution in [0.15, 0.2) is 5.38 Å². The largest absolute Gasteiger partial charge is 0.295 e. The third-order valence-corrected chi connectivity index (χ3v) is 3.54. The van der Waals surface area contributed by atoms with Gasteiger partial charge in [-0.05, 0) is 32.9 Å². The lowest BCUT2D eigenvalue weighted by atomic mass is 10.2. The van der Waals surface area contributed by atoms with Gasteiger partial charge in [-0.2, -0.15) is 0 Å². The molecule has 1 aliphatic rings. The summed E-state index contributed by atoms with van der Waals surface area (Å²) in [5.41, 5.74) is 1.29. The van der Waals surface area contributed by atoms with Gasteiger partial charge in [-0.3, -0.25) is 4.90 Å². The van der Waals surface area contributed by atoms with Crippen molar-refractivity contribution in [1.29, 1.82) is 0 Å². The molecule has 2 heterocycles. The van der Waals surface area contributed by atoms with Crippen LogP contribution in [0.25, 0.3) is 0 Å². The Morgan fingerprint density at radius 1 is 1.69 bits per heavy atom. The van der Waals surface area contributed by atoms with Crippen LogP contribution in [-0.4, -0.2) is 23.0 Å². The highest BCUT2D eigenvalue weighted by Gasteiger charge is 2.25. The molecule has 1 aromatic heterocycles. The predicted molar refractivity (Wildman–Crippen MR) is 56.1 cm³/mol. The molecule has 0 radical (unpaired) electrons. The van der Waals surface area contributed by atoms with Gasteiger partial charge in [0.2, 0.25) is 0 Å². The van der Waals surface area contributed by atoms with Crippen molar-refractivity contribution >= 4 is 11.3 Å².